The number of anilines is 1. The first-order chi connectivity index (χ1) is 6.36. The zero-order chi connectivity index (χ0) is 9.52. The highest BCUT2D eigenvalue weighted by Crippen LogP contribution is 2.19. The zero-order valence-corrected chi connectivity index (χ0v) is 9.12. The molecule has 1 heterocycles. The molecule has 0 spiro atoms. The van der Waals surface area contributed by atoms with Crippen molar-refractivity contribution < 1.29 is 5.11 Å². The molecule has 0 fully saturated rings. The first-order valence-corrected chi connectivity index (χ1v) is 6.08. The Morgan fingerprint density at radius 3 is 3.08 bits per heavy atom. The molecule has 1 aromatic rings. The molecule has 0 aromatic carbocycles. The molecule has 0 atom stereocenters. The Balaban J connectivity index is 2.31. The number of hydrogen-bond donors (Lipinski definition) is 2. The third-order valence-corrected chi connectivity index (χ3v) is 3.27. The zero-order valence-electron chi connectivity index (χ0n) is 7.49. The number of nitrogens with zero attached hydrogens (tertiary/aromatic N) is 2. The van der Waals surface area contributed by atoms with Crippen molar-refractivity contribution in [2.75, 3.05) is 24.2 Å². The Bertz CT molecular complexity index is 241. The van der Waals surface area contributed by atoms with E-state index in [0.29, 0.717) is 0 Å². The highest BCUT2D eigenvalue weighted by atomic mass is 32.2. The molecule has 6 heteroatoms. The Labute approximate surface area is 85.8 Å². The Morgan fingerprint density at radius 1 is 1.54 bits per heavy atom. The summed E-state index contributed by atoms with van der Waals surface area (Å²) < 4.78 is 0. The van der Waals surface area contributed by atoms with Crippen molar-refractivity contribution in [2.45, 2.75) is 12.7 Å². The van der Waals surface area contributed by atoms with Crippen LogP contribution in [0, 0.1) is 0 Å². The second-order valence-electron chi connectivity index (χ2n) is 2.31. The van der Waals surface area contributed by atoms with Gasteiger partial charge in [-0.25, -0.2) is 0 Å². The van der Waals surface area contributed by atoms with Gasteiger partial charge in [-0.15, -0.1) is 10.2 Å². The molecule has 0 saturated heterocycles. The molecular formula is C7H13N3OS2. The van der Waals surface area contributed by atoms with Crippen LogP contribution >= 0.6 is 23.1 Å². The van der Waals surface area contributed by atoms with E-state index in [4.69, 9.17) is 5.11 Å². The third kappa shape index (κ3) is 3.93. The number of aliphatic hydroxyl groups is 1. The molecule has 0 amide bonds. The summed E-state index contributed by atoms with van der Waals surface area (Å²) in [5.74, 6) is 1.60. The summed E-state index contributed by atoms with van der Waals surface area (Å²) in [6.45, 7) is 3.13. The average Bonchev–Trinajstić information content (AvgIpc) is 2.54. The minimum absolute atomic E-state index is 0.226. The van der Waals surface area contributed by atoms with Gasteiger partial charge < -0.3 is 10.4 Å². The van der Waals surface area contributed by atoms with E-state index in [1.54, 1.807) is 23.1 Å². The first-order valence-electron chi connectivity index (χ1n) is 4.11. The number of rotatable bonds is 6. The maximum absolute atomic E-state index is 8.57. The van der Waals surface area contributed by atoms with Gasteiger partial charge in [-0.3, -0.25) is 0 Å². The molecule has 0 saturated carbocycles. The van der Waals surface area contributed by atoms with E-state index in [0.717, 1.165) is 28.2 Å². The van der Waals surface area contributed by atoms with Crippen molar-refractivity contribution in [2.24, 2.45) is 0 Å². The lowest BCUT2D eigenvalue weighted by Gasteiger charge is -1.93. The molecule has 0 aliphatic heterocycles. The Morgan fingerprint density at radius 2 is 2.38 bits per heavy atom. The summed E-state index contributed by atoms with van der Waals surface area (Å²) in [7, 11) is 0. The van der Waals surface area contributed by atoms with E-state index in [2.05, 4.69) is 15.5 Å². The van der Waals surface area contributed by atoms with Crippen LogP contribution in [0.5, 0.6) is 0 Å². The van der Waals surface area contributed by atoms with E-state index in [1.807, 2.05) is 6.92 Å². The SMILES string of the molecule is CCNc1nnc(CSCCO)s1. The summed E-state index contributed by atoms with van der Waals surface area (Å²) >= 11 is 3.24. The van der Waals surface area contributed by atoms with Gasteiger partial charge in [-0.1, -0.05) is 11.3 Å². The van der Waals surface area contributed by atoms with E-state index in [9.17, 15) is 0 Å². The van der Waals surface area contributed by atoms with E-state index in [1.165, 1.54) is 0 Å². The van der Waals surface area contributed by atoms with Crippen LogP contribution in [0.1, 0.15) is 11.9 Å². The summed E-state index contributed by atoms with van der Waals surface area (Å²) in [6, 6.07) is 0. The van der Waals surface area contributed by atoms with Gasteiger partial charge in [0, 0.05) is 18.1 Å². The molecular weight excluding hydrogens is 206 g/mol. The quantitative estimate of drug-likeness (QED) is 0.704. The highest BCUT2D eigenvalue weighted by Gasteiger charge is 2.01. The predicted octanol–water partition coefficient (Wildman–Crippen LogP) is 1.20. The van der Waals surface area contributed by atoms with Crippen molar-refractivity contribution in [3.8, 4) is 0 Å². The van der Waals surface area contributed by atoms with Gasteiger partial charge >= 0.3 is 0 Å². The van der Waals surface area contributed by atoms with Crippen molar-refractivity contribution >= 4 is 28.2 Å². The normalized spacial score (nSPS) is 10.3. The molecule has 74 valence electrons. The predicted molar refractivity (Wildman–Crippen MR) is 57.3 cm³/mol. The fourth-order valence-corrected chi connectivity index (χ4v) is 2.35. The monoisotopic (exact) mass is 219 g/mol. The first kappa shape index (κ1) is 10.7. The molecule has 0 radical (unpaired) electrons. The summed E-state index contributed by atoms with van der Waals surface area (Å²) in [6.07, 6.45) is 0. The molecule has 0 bridgehead atoms. The standard InChI is InChI=1S/C7H13N3OS2/c1-2-8-7-10-9-6(13-7)5-12-4-3-11/h11H,2-5H2,1H3,(H,8,10). The van der Waals surface area contributed by atoms with Crippen molar-refractivity contribution in [3.05, 3.63) is 5.01 Å². The van der Waals surface area contributed by atoms with Gasteiger partial charge in [0.25, 0.3) is 0 Å². The van der Waals surface area contributed by atoms with Crippen LogP contribution in [0.25, 0.3) is 0 Å². The van der Waals surface area contributed by atoms with Crippen LogP contribution in [0.2, 0.25) is 0 Å². The van der Waals surface area contributed by atoms with Crippen molar-refractivity contribution in [1.29, 1.82) is 0 Å². The molecule has 1 aromatic heterocycles. The van der Waals surface area contributed by atoms with Gasteiger partial charge in [0.15, 0.2) is 0 Å². The molecule has 0 aliphatic rings. The Kier molecular flexibility index (Phi) is 5.10. The summed E-state index contributed by atoms with van der Waals surface area (Å²) in [4.78, 5) is 0. The number of aromatic nitrogens is 2. The van der Waals surface area contributed by atoms with Crippen LogP contribution in [-0.2, 0) is 5.75 Å². The van der Waals surface area contributed by atoms with E-state index < -0.39 is 0 Å². The molecule has 13 heavy (non-hydrogen) atoms. The number of nitrogens with one attached hydrogen (secondary N) is 1. The van der Waals surface area contributed by atoms with Gasteiger partial charge in [0.2, 0.25) is 5.13 Å². The second-order valence-corrected chi connectivity index (χ2v) is 4.47. The van der Waals surface area contributed by atoms with E-state index >= 15 is 0 Å². The second kappa shape index (κ2) is 6.17. The van der Waals surface area contributed by atoms with Gasteiger partial charge in [0.05, 0.1) is 6.61 Å². The fourth-order valence-electron chi connectivity index (χ4n) is 0.759. The Hall–Kier alpha value is -0.330. The fraction of sp³-hybridized carbons (Fsp3) is 0.714. The number of hydrogen-bond acceptors (Lipinski definition) is 6. The third-order valence-electron chi connectivity index (χ3n) is 1.26. The smallest absolute Gasteiger partial charge is 0.205 e. The summed E-state index contributed by atoms with van der Waals surface area (Å²) in [5.41, 5.74) is 0. The lowest BCUT2D eigenvalue weighted by Crippen LogP contribution is -1.94. The van der Waals surface area contributed by atoms with Crippen LogP contribution < -0.4 is 5.32 Å². The number of aliphatic hydroxyl groups excluding tert-OH is 1. The largest absolute Gasteiger partial charge is 0.396 e. The van der Waals surface area contributed by atoms with Crippen molar-refractivity contribution in [3.63, 3.8) is 0 Å². The van der Waals surface area contributed by atoms with Crippen LogP contribution in [-0.4, -0.2) is 34.2 Å². The molecule has 2 N–H and O–H groups in total. The lowest BCUT2D eigenvalue weighted by atomic mass is 10.8. The average molecular weight is 219 g/mol. The molecule has 4 nitrogen and oxygen atoms in total. The highest BCUT2D eigenvalue weighted by molar-refractivity contribution is 7.98. The lowest BCUT2D eigenvalue weighted by molar-refractivity contribution is 0.322. The van der Waals surface area contributed by atoms with Crippen LogP contribution in [0.4, 0.5) is 5.13 Å². The van der Waals surface area contributed by atoms with Gasteiger partial charge in [0.1, 0.15) is 5.01 Å². The summed E-state index contributed by atoms with van der Waals surface area (Å²) in [5, 5.41) is 21.5. The maximum Gasteiger partial charge on any atom is 0.205 e. The minimum Gasteiger partial charge on any atom is -0.396 e. The maximum atomic E-state index is 8.57. The van der Waals surface area contributed by atoms with Crippen LogP contribution in [0.3, 0.4) is 0 Å². The van der Waals surface area contributed by atoms with Crippen molar-refractivity contribution in [1.82, 2.24) is 10.2 Å². The minimum atomic E-state index is 0.226. The molecule has 1 rings (SSSR count). The van der Waals surface area contributed by atoms with E-state index in [-0.39, 0.29) is 6.61 Å². The van der Waals surface area contributed by atoms with Gasteiger partial charge in [-0.2, -0.15) is 11.8 Å². The molecule has 0 unspecified atom stereocenters. The number of thioether (sulfide) groups is 1. The molecule has 0 aliphatic carbocycles. The van der Waals surface area contributed by atoms with Crippen LogP contribution in [0.15, 0.2) is 0 Å². The topological polar surface area (TPSA) is 58.0 Å². The van der Waals surface area contributed by atoms with Gasteiger partial charge in [-0.05, 0) is 6.92 Å².